The predicted octanol–water partition coefficient (Wildman–Crippen LogP) is 1.28. The van der Waals surface area contributed by atoms with Gasteiger partial charge in [0.05, 0.1) is 17.4 Å². The minimum atomic E-state index is -1.96. The fraction of sp³-hybridized carbons (Fsp3) is 0.613. The Labute approximate surface area is 255 Å². The summed E-state index contributed by atoms with van der Waals surface area (Å²) in [6, 6.07) is 1.75. The predicted molar refractivity (Wildman–Crippen MR) is 155 cm³/mol. The lowest BCUT2D eigenvalue weighted by Crippen LogP contribution is -2.71. The van der Waals surface area contributed by atoms with Gasteiger partial charge in [-0.3, -0.25) is 9.59 Å². The topological polar surface area (TPSA) is 192 Å². The first-order valence-corrected chi connectivity index (χ1v) is 14.8. The van der Waals surface area contributed by atoms with Crippen molar-refractivity contribution in [3.05, 3.63) is 35.1 Å². The fourth-order valence-corrected chi connectivity index (χ4v) is 6.71. The number of piperidine rings is 1. The van der Waals surface area contributed by atoms with Crippen LogP contribution in [0.15, 0.2) is 24.0 Å². The highest BCUT2D eigenvalue weighted by atomic mass is 16.6. The molecule has 2 aliphatic heterocycles. The van der Waals surface area contributed by atoms with E-state index in [0.717, 1.165) is 5.56 Å². The number of nitrogens with one attached hydrogen (secondary N) is 1. The fourth-order valence-electron chi connectivity index (χ4n) is 6.71. The quantitative estimate of drug-likeness (QED) is 0.236. The van der Waals surface area contributed by atoms with Crippen molar-refractivity contribution >= 4 is 23.8 Å². The summed E-state index contributed by atoms with van der Waals surface area (Å²) in [5.74, 6) is -4.21. The molecule has 1 amide bonds. The number of likely N-dealkylation sites (N-methyl/N-ethyl adjacent to an activating group) is 1. The molecule has 1 aromatic carbocycles. The van der Waals surface area contributed by atoms with Gasteiger partial charge in [-0.05, 0) is 70.8 Å². The highest BCUT2D eigenvalue weighted by Gasteiger charge is 2.69. The van der Waals surface area contributed by atoms with Crippen LogP contribution in [0.25, 0.3) is 0 Å². The zero-order valence-electron chi connectivity index (χ0n) is 25.8. The average Bonchev–Trinajstić information content (AvgIpc) is 3.31. The molecule has 5 N–H and O–H groups in total. The van der Waals surface area contributed by atoms with Crippen molar-refractivity contribution in [2.45, 2.75) is 102 Å². The van der Waals surface area contributed by atoms with E-state index in [1.54, 1.807) is 19.9 Å². The molecule has 13 heteroatoms. The van der Waals surface area contributed by atoms with E-state index < -0.39 is 65.6 Å². The number of aliphatic hydroxyl groups excluding tert-OH is 1. The van der Waals surface area contributed by atoms with Crippen molar-refractivity contribution in [2.24, 2.45) is 5.92 Å². The molecule has 242 valence electrons. The van der Waals surface area contributed by atoms with Crippen LogP contribution in [0, 0.1) is 12.8 Å². The minimum absolute atomic E-state index is 0.0141. The Balaban J connectivity index is 1.47. The molecule has 44 heavy (non-hydrogen) atoms. The first-order chi connectivity index (χ1) is 20.5. The number of carboxylic acids is 1. The lowest BCUT2D eigenvalue weighted by molar-refractivity contribution is -0.169. The largest absolute Gasteiger partial charge is 0.504 e. The number of aliphatic carboxylic acids is 1. The lowest BCUT2D eigenvalue weighted by Gasteiger charge is -2.58. The summed E-state index contributed by atoms with van der Waals surface area (Å²) in [6.45, 7) is 9.19. The number of aryl methyl sites for hydroxylation is 1. The molecule has 7 atom stereocenters. The van der Waals surface area contributed by atoms with Crippen molar-refractivity contribution < 1.29 is 53.8 Å². The Morgan fingerprint density at radius 3 is 2.52 bits per heavy atom. The number of carbonyl (C=O) groups is 4. The molecule has 1 spiro atoms. The zero-order valence-corrected chi connectivity index (χ0v) is 25.8. The SMILES string of the molecule is Cc1ccc(O)c2c1[C@]13CCN(C)[C@H](C)[C@]1(O)CC=C(OC(=O)[C@@H](O)CC(=O)O[C@@H](C)C(=O)N[C@@H](CC(C)C)C(=O)O)[C@@H]3O2. The lowest BCUT2D eigenvalue weighted by atomic mass is 9.54. The van der Waals surface area contributed by atoms with Crippen molar-refractivity contribution in [3.8, 4) is 11.5 Å². The molecule has 0 aromatic heterocycles. The maximum absolute atomic E-state index is 13.0. The molecule has 3 aliphatic rings. The Morgan fingerprint density at radius 2 is 1.89 bits per heavy atom. The van der Waals surface area contributed by atoms with E-state index in [-0.39, 0.29) is 42.1 Å². The van der Waals surface area contributed by atoms with Crippen LogP contribution in [0.4, 0.5) is 0 Å². The molecule has 1 saturated heterocycles. The van der Waals surface area contributed by atoms with Crippen LogP contribution >= 0.6 is 0 Å². The zero-order chi connectivity index (χ0) is 32.7. The summed E-state index contributed by atoms with van der Waals surface area (Å²) >= 11 is 0. The monoisotopic (exact) mass is 618 g/mol. The van der Waals surface area contributed by atoms with E-state index in [1.807, 2.05) is 25.8 Å². The number of hydrogen-bond acceptors (Lipinski definition) is 11. The Morgan fingerprint density at radius 1 is 1.20 bits per heavy atom. The summed E-state index contributed by atoms with van der Waals surface area (Å²) in [5.41, 5.74) is -0.986. The van der Waals surface area contributed by atoms with Crippen LogP contribution in [0.5, 0.6) is 11.5 Å². The third kappa shape index (κ3) is 5.75. The van der Waals surface area contributed by atoms with Gasteiger partial charge in [0.1, 0.15) is 11.8 Å². The molecule has 0 saturated carbocycles. The highest BCUT2D eigenvalue weighted by molar-refractivity contribution is 5.88. The van der Waals surface area contributed by atoms with E-state index in [2.05, 4.69) is 5.32 Å². The second-order valence-electron chi connectivity index (χ2n) is 12.5. The van der Waals surface area contributed by atoms with Crippen molar-refractivity contribution in [1.29, 1.82) is 0 Å². The number of amides is 1. The molecule has 1 aromatic rings. The number of phenolic OH excluding ortho intramolecular Hbond substituents is 1. The van der Waals surface area contributed by atoms with Gasteiger partial charge in [0, 0.05) is 18.0 Å². The van der Waals surface area contributed by atoms with Crippen LogP contribution in [-0.2, 0) is 34.1 Å². The number of ether oxygens (including phenoxy) is 3. The molecule has 2 heterocycles. The van der Waals surface area contributed by atoms with Crippen molar-refractivity contribution in [3.63, 3.8) is 0 Å². The van der Waals surface area contributed by atoms with E-state index >= 15 is 0 Å². The second kappa shape index (κ2) is 12.4. The van der Waals surface area contributed by atoms with E-state index in [4.69, 9.17) is 14.2 Å². The molecular formula is C31H42N2O11. The number of aromatic hydroxyl groups is 1. The average molecular weight is 619 g/mol. The Kier molecular flexibility index (Phi) is 9.34. The van der Waals surface area contributed by atoms with Crippen LogP contribution in [0.3, 0.4) is 0 Å². The molecular weight excluding hydrogens is 576 g/mol. The van der Waals surface area contributed by atoms with Gasteiger partial charge in [-0.1, -0.05) is 19.9 Å². The van der Waals surface area contributed by atoms with Gasteiger partial charge in [-0.2, -0.15) is 0 Å². The molecule has 4 rings (SSSR count). The van der Waals surface area contributed by atoms with E-state index in [0.29, 0.717) is 18.5 Å². The molecule has 1 aliphatic carbocycles. The molecule has 0 bridgehead atoms. The van der Waals surface area contributed by atoms with Gasteiger partial charge in [0.2, 0.25) is 0 Å². The van der Waals surface area contributed by atoms with Crippen molar-refractivity contribution in [1.82, 2.24) is 10.2 Å². The second-order valence-corrected chi connectivity index (χ2v) is 12.5. The van der Waals surface area contributed by atoms with Gasteiger partial charge < -0.3 is 44.9 Å². The molecule has 1 fully saturated rings. The summed E-state index contributed by atoms with van der Waals surface area (Å²) < 4.78 is 16.8. The number of phenols is 1. The van der Waals surface area contributed by atoms with Crippen LogP contribution in [0.2, 0.25) is 0 Å². The summed E-state index contributed by atoms with van der Waals surface area (Å²) in [5, 5.41) is 45.1. The number of aliphatic hydroxyl groups is 2. The van der Waals surface area contributed by atoms with Crippen LogP contribution < -0.4 is 10.1 Å². The Bertz CT molecular complexity index is 1360. The van der Waals surface area contributed by atoms with Gasteiger partial charge in [-0.15, -0.1) is 0 Å². The third-order valence-corrected chi connectivity index (χ3v) is 9.18. The number of likely N-dealkylation sites (tertiary alicyclic amines) is 1. The summed E-state index contributed by atoms with van der Waals surface area (Å²) in [6.07, 6.45) is -2.96. The standard InChI is InChI=1S/C31H42N2O11/c1-15(2)13-19(28(38)39)32-27(37)17(4)42-23(36)14-21(35)29(40)43-22-9-10-31(41)18(5)33(6)12-11-30(31)24-16(3)7-8-20(34)25(24)44-26(22)30/h7-9,15,17-19,21,26,34-35,41H,10-14H2,1-6H3,(H,32,37)(H,38,39)/t17-,18+,19-,21-,26-,30-,31+/m0/s1. The summed E-state index contributed by atoms with van der Waals surface area (Å²) in [7, 11) is 1.91. The number of benzene rings is 1. The summed E-state index contributed by atoms with van der Waals surface area (Å²) in [4.78, 5) is 51.4. The van der Waals surface area contributed by atoms with Gasteiger partial charge in [0.25, 0.3) is 5.91 Å². The molecule has 0 unspecified atom stereocenters. The van der Waals surface area contributed by atoms with Crippen LogP contribution in [-0.4, -0.2) is 98.7 Å². The number of carboxylic acid groups (broad SMARTS) is 1. The van der Waals surface area contributed by atoms with E-state index in [9.17, 15) is 39.6 Å². The van der Waals surface area contributed by atoms with Crippen LogP contribution in [0.1, 0.15) is 64.5 Å². The minimum Gasteiger partial charge on any atom is -0.504 e. The molecule has 13 nitrogen and oxygen atoms in total. The maximum atomic E-state index is 13.0. The van der Waals surface area contributed by atoms with Gasteiger partial charge in [-0.25, -0.2) is 9.59 Å². The van der Waals surface area contributed by atoms with Crippen molar-refractivity contribution in [2.75, 3.05) is 13.6 Å². The number of esters is 2. The number of fused-ring (bicyclic) bond motifs is 1. The van der Waals surface area contributed by atoms with Gasteiger partial charge >= 0.3 is 17.9 Å². The number of rotatable bonds is 10. The smallest absolute Gasteiger partial charge is 0.340 e. The first-order valence-electron chi connectivity index (χ1n) is 14.8. The van der Waals surface area contributed by atoms with E-state index in [1.165, 1.54) is 19.1 Å². The maximum Gasteiger partial charge on any atom is 0.340 e. The van der Waals surface area contributed by atoms with Gasteiger partial charge in [0.15, 0.2) is 29.8 Å². The normalized spacial score (nSPS) is 27.9. The number of nitrogens with zero attached hydrogens (tertiary/aromatic N) is 1. The first kappa shape index (κ1) is 33.2. The number of hydrogen-bond donors (Lipinski definition) is 5. The number of carbonyl (C=O) groups excluding carboxylic acids is 3. The Hall–Kier alpha value is -3.68. The molecule has 0 radical (unpaired) electrons. The highest BCUT2D eigenvalue weighted by Crippen LogP contribution is 2.62. The third-order valence-electron chi connectivity index (χ3n) is 9.18.